The summed E-state index contributed by atoms with van der Waals surface area (Å²) in [6, 6.07) is 2.09. The summed E-state index contributed by atoms with van der Waals surface area (Å²) in [5, 5.41) is 4.13. The minimum Gasteiger partial charge on any atom is -0.468 e. The summed E-state index contributed by atoms with van der Waals surface area (Å²) in [7, 11) is 1.39. The molecular formula is C12H18N2O2S. The average molecular weight is 254 g/mol. The normalized spacial score (nSPS) is 10.3. The second-order valence-corrected chi connectivity index (χ2v) is 4.57. The summed E-state index contributed by atoms with van der Waals surface area (Å²) in [5.41, 5.74) is 2.25. The molecule has 0 saturated heterocycles. The lowest BCUT2D eigenvalue weighted by molar-refractivity contribution is -0.137. The van der Waals surface area contributed by atoms with E-state index in [0.29, 0.717) is 5.75 Å². The zero-order chi connectivity index (χ0) is 12.7. The molecule has 0 aliphatic carbocycles. The van der Waals surface area contributed by atoms with Crippen molar-refractivity contribution in [1.29, 1.82) is 0 Å². The number of rotatable bonds is 6. The van der Waals surface area contributed by atoms with E-state index in [1.54, 1.807) is 0 Å². The van der Waals surface area contributed by atoms with Gasteiger partial charge < -0.3 is 10.1 Å². The number of ether oxygens (including phenoxy) is 1. The Morgan fingerprint density at radius 1 is 1.59 bits per heavy atom. The molecule has 0 spiro atoms. The van der Waals surface area contributed by atoms with Gasteiger partial charge in [-0.15, -0.1) is 0 Å². The van der Waals surface area contributed by atoms with Crippen molar-refractivity contribution in [2.24, 2.45) is 0 Å². The monoisotopic (exact) mass is 254 g/mol. The Kier molecular flexibility index (Phi) is 6.00. The number of hydrogen-bond acceptors (Lipinski definition) is 5. The maximum Gasteiger partial charge on any atom is 0.316 e. The van der Waals surface area contributed by atoms with E-state index in [4.69, 9.17) is 0 Å². The van der Waals surface area contributed by atoms with Crippen LogP contribution < -0.4 is 5.32 Å². The molecule has 1 rings (SSSR count). The van der Waals surface area contributed by atoms with Gasteiger partial charge in [0.25, 0.3) is 0 Å². The van der Waals surface area contributed by atoms with Gasteiger partial charge in [0, 0.05) is 12.7 Å². The standard InChI is InChI=1S/C12H18N2O2S/c1-4-13-6-10-5-9(2)12(14-7-10)17-8-11(15)16-3/h5,7,13H,4,6,8H2,1-3H3. The van der Waals surface area contributed by atoms with Crippen molar-refractivity contribution in [3.63, 3.8) is 0 Å². The van der Waals surface area contributed by atoms with Gasteiger partial charge in [-0.1, -0.05) is 24.8 Å². The Balaban J connectivity index is 2.59. The fraction of sp³-hybridized carbons (Fsp3) is 0.500. The zero-order valence-electron chi connectivity index (χ0n) is 10.4. The maximum absolute atomic E-state index is 11.0. The number of nitrogens with one attached hydrogen (secondary N) is 1. The molecule has 0 saturated carbocycles. The second kappa shape index (κ2) is 7.29. The molecule has 0 unspecified atom stereocenters. The lowest BCUT2D eigenvalue weighted by Gasteiger charge is -2.07. The third kappa shape index (κ3) is 4.75. The number of aryl methyl sites for hydroxylation is 1. The van der Waals surface area contributed by atoms with Crippen LogP contribution in [0.3, 0.4) is 0 Å². The van der Waals surface area contributed by atoms with E-state index in [-0.39, 0.29) is 5.97 Å². The number of carbonyl (C=O) groups is 1. The molecule has 0 radical (unpaired) electrons. The molecule has 17 heavy (non-hydrogen) atoms. The number of esters is 1. The molecule has 1 aromatic heterocycles. The second-order valence-electron chi connectivity index (χ2n) is 3.61. The molecule has 0 amide bonds. The van der Waals surface area contributed by atoms with Gasteiger partial charge in [-0.05, 0) is 24.6 Å². The van der Waals surface area contributed by atoms with Crippen LogP contribution in [0.25, 0.3) is 0 Å². The Bertz CT molecular complexity index is 383. The molecule has 1 heterocycles. The highest BCUT2D eigenvalue weighted by atomic mass is 32.2. The van der Waals surface area contributed by atoms with Gasteiger partial charge in [-0.25, -0.2) is 4.98 Å². The Morgan fingerprint density at radius 2 is 2.35 bits per heavy atom. The first-order valence-corrected chi connectivity index (χ1v) is 6.51. The Morgan fingerprint density at radius 3 is 2.94 bits per heavy atom. The number of nitrogens with zero attached hydrogens (tertiary/aromatic N) is 1. The van der Waals surface area contributed by atoms with E-state index in [2.05, 4.69) is 28.0 Å². The van der Waals surface area contributed by atoms with Crippen molar-refractivity contribution in [2.45, 2.75) is 25.4 Å². The van der Waals surface area contributed by atoms with Crippen LogP contribution >= 0.6 is 11.8 Å². The summed E-state index contributed by atoms with van der Waals surface area (Å²) in [4.78, 5) is 15.4. The summed E-state index contributed by atoms with van der Waals surface area (Å²) in [6.45, 7) is 5.84. The number of thioether (sulfide) groups is 1. The number of methoxy groups -OCH3 is 1. The summed E-state index contributed by atoms with van der Waals surface area (Å²) in [5.74, 6) is 0.0737. The van der Waals surface area contributed by atoms with E-state index in [1.165, 1.54) is 18.9 Å². The van der Waals surface area contributed by atoms with Crippen LogP contribution in [0.2, 0.25) is 0 Å². The lowest BCUT2D eigenvalue weighted by atomic mass is 10.2. The topological polar surface area (TPSA) is 51.2 Å². The zero-order valence-corrected chi connectivity index (χ0v) is 11.3. The van der Waals surface area contributed by atoms with Crippen LogP contribution in [0.15, 0.2) is 17.3 Å². The van der Waals surface area contributed by atoms with Gasteiger partial charge >= 0.3 is 5.97 Å². The van der Waals surface area contributed by atoms with Crippen LogP contribution in [0, 0.1) is 6.92 Å². The van der Waals surface area contributed by atoms with Crippen molar-refractivity contribution in [3.8, 4) is 0 Å². The van der Waals surface area contributed by atoms with Gasteiger partial charge in [0.2, 0.25) is 0 Å². The minimum atomic E-state index is -0.229. The first-order valence-electron chi connectivity index (χ1n) is 5.53. The number of aromatic nitrogens is 1. The van der Waals surface area contributed by atoms with Gasteiger partial charge in [0.1, 0.15) is 0 Å². The fourth-order valence-corrected chi connectivity index (χ4v) is 2.11. The SMILES string of the molecule is CCNCc1cnc(SCC(=O)OC)c(C)c1. The van der Waals surface area contributed by atoms with E-state index < -0.39 is 0 Å². The average Bonchev–Trinajstić information content (AvgIpc) is 2.34. The molecular weight excluding hydrogens is 236 g/mol. The van der Waals surface area contributed by atoms with Gasteiger partial charge in [-0.3, -0.25) is 4.79 Å². The lowest BCUT2D eigenvalue weighted by Crippen LogP contribution is -2.12. The third-order valence-electron chi connectivity index (χ3n) is 2.22. The van der Waals surface area contributed by atoms with E-state index in [9.17, 15) is 4.79 Å². The molecule has 0 aliphatic heterocycles. The van der Waals surface area contributed by atoms with Crippen molar-refractivity contribution in [2.75, 3.05) is 19.4 Å². The highest BCUT2D eigenvalue weighted by Crippen LogP contribution is 2.20. The molecule has 5 heteroatoms. The molecule has 4 nitrogen and oxygen atoms in total. The summed E-state index contributed by atoms with van der Waals surface area (Å²) >= 11 is 1.41. The molecule has 0 aromatic carbocycles. The van der Waals surface area contributed by atoms with Crippen molar-refractivity contribution < 1.29 is 9.53 Å². The molecule has 0 bridgehead atoms. The molecule has 94 valence electrons. The highest BCUT2D eigenvalue weighted by molar-refractivity contribution is 7.99. The van der Waals surface area contributed by atoms with E-state index in [1.807, 2.05) is 13.1 Å². The molecule has 0 aliphatic rings. The Labute approximate surface area is 106 Å². The van der Waals surface area contributed by atoms with Crippen LogP contribution in [0.5, 0.6) is 0 Å². The predicted molar refractivity (Wildman–Crippen MR) is 69.1 cm³/mol. The summed E-state index contributed by atoms with van der Waals surface area (Å²) < 4.78 is 4.59. The quantitative estimate of drug-likeness (QED) is 0.619. The smallest absolute Gasteiger partial charge is 0.316 e. The van der Waals surface area contributed by atoms with Crippen molar-refractivity contribution in [1.82, 2.24) is 10.3 Å². The first kappa shape index (κ1) is 14.0. The minimum absolute atomic E-state index is 0.229. The van der Waals surface area contributed by atoms with Crippen molar-refractivity contribution in [3.05, 3.63) is 23.4 Å². The number of carbonyl (C=O) groups excluding carboxylic acids is 1. The highest BCUT2D eigenvalue weighted by Gasteiger charge is 2.06. The van der Waals surface area contributed by atoms with Gasteiger partial charge in [0.05, 0.1) is 17.9 Å². The fourth-order valence-electron chi connectivity index (χ4n) is 1.32. The molecule has 1 aromatic rings. The number of hydrogen-bond donors (Lipinski definition) is 1. The number of pyridine rings is 1. The maximum atomic E-state index is 11.0. The van der Waals surface area contributed by atoms with Crippen LogP contribution in [0.4, 0.5) is 0 Å². The van der Waals surface area contributed by atoms with Crippen molar-refractivity contribution >= 4 is 17.7 Å². The van der Waals surface area contributed by atoms with E-state index >= 15 is 0 Å². The van der Waals surface area contributed by atoms with Gasteiger partial charge in [0.15, 0.2) is 0 Å². The Hall–Kier alpha value is -1.07. The van der Waals surface area contributed by atoms with Crippen LogP contribution in [-0.2, 0) is 16.1 Å². The molecule has 0 atom stereocenters. The van der Waals surface area contributed by atoms with Gasteiger partial charge in [-0.2, -0.15) is 0 Å². The molecule has 0 fully saturated rings. The predicted octanol–water partition coefficient (Wildman–Crippen LogP) is 1.76. The largest absolute Gasteiger partial charge is 0.468 e. The van der Waals surface area contributed by atoms with Crippen LogP contribution in [0.1, 0.15) is 18.1 Å². The third-order valence-corrected chi connectivity index (χ3v) is 3.30. The van der Waals surface area contributed by atoms with Crippen LogP contribution in [-0.4, -0.2) is 30.4 Å². The molecule has 1 N–H and O–H groups in total. The first-order chi connectivity index (χ1) is 8.17. The summed E-state index contributed by atoms with van der Waals surface area (Å²) in [6.07, 6.45) is 1.84. The van der Waals surface area contributed by atoms with E-state index in [0.717, 1.165) is 29.2 Å².